The lowest BCUT2D eigenvalue weighted by molar-refractivity contribution is -0.130. The van der Waals surface area contributed by atoms with Crippen LogP contribution >= 0.6 is 0 Å². The van der Waals surface area contributed by atoms with Gasteiger partial charge >= 0.3 is 0 Å². The van der Waals surface area contributed by atoms with Crippen LogP contribution in [0.15, 0.2) is 54.6 Å². The molecule has 3 nitrogen and oxygen atoms in total. The highest BCUT2D eigenvalue weighted by molar-refractivity contribution is 5.79. The Morgan fingerprint density at radius 1 is 0.955 bits per heavy atom. The van der Waals surface area contributed by atoms with E-state index in [2.05, 4.69) is 48.2 Å². The van der Waals surface area contributed by atoms with E-state index in [-0.39, 0.29) is 5.91 Å². The molecule has 0 aliphatic carbocycles. The van der Waals surface area contributed by atoms with Gasteiger partial charge in [-0.05, 0) is 24.6 Å². The van der Waals surface area contributed by atoms with Crippen LogP contribution in [0.4, 0.5) is 5.69 Å². The molecule has 0 unspecified atom stereocenters. The second-order valence-corrected chi connectivity index (χ2v) is 5.87. The Morgan fingerprint density at radius 2 is 1.68 bits per heavy atom. The molecule has 2 aromatic rings. The molecular formula is C19H22N2O. The van der Waals surface area contributed by atoms with Crippen molar-refractivity contribution >= 4 is 11.6 Å². The number of benzene rings is 2. The minimum atomic E-state index is 0.235. The number of carbonyl (C=O) groups is 1. The topological polar surface area (TPSA) is 23.6 Å². The summed E-state index contributed by atoms with van der Waals surface area (Å²) in [5, 5.41) is 0. The summed E-state index contributed by atoms with van der Waals surface area (Å²) in [5.74, 6) is 0.235. The Balaban J connectivity index is 1.56. The predicted octanol–water partition coefficient (Wildman–Crippen LogP) is 2.89. The largest absolute Gasteiger partial charge is 0.368 e. The minimum Gasteiger partial charge on any atom is -0.368 e. The van der Waals surface area contributed by atoms with Gasteiger partial charge in [0.1, 0.15) is 0 Å². The van der Waals surface area contributed by atoms with Crippen molar-refractivity contribution in [2.24, 2.45) is 0 Å². The van der Waals surface area contributed by atoms with E-state index in [0.29, 0.717) is 6.42 Å². The Kier molecular flexibility index (Phi) is 4.42. The van der Waals surface area contributed by atoms with Crippen LogP contribution < -0.4 is 4.90 Å². The van der Waals surface area contributed by atoms with Crippen LogP contribution in [0.3, 0.4) is 0 Å². The molecule has 2 aromatic carbocycles. The van der Waals surface area contributed by atoms with Gasteiger partial charge in [-0.1, -0.05) is 48.0 Å². The molecular weight excluding hydrogens is 272 g/mol. The standard InChI is InChI=1S/C19H22N2O/c1-16-6-5-7-17(14-16)15-19(22)21-12-10-20(11-13-21)18-8-3-2-4-9-18/h2-9,14H,10-13,15H2,1H3. The number of carbonyl (C=O) groups excluding carboxylic acids is 1. The first-order chi connectivity index (χ1) is 10.7. The molecule has 0 atom stereocenters. The maximum Gasteiger partial charge on any atom is 0.227 e. The number of amides is 1. The van der Waals surface area contributed by atoms with Crippen LogP contribution in [0.2, 0.25) is 0 Å². The molecule has 1 aliphatic rings. The molecule has 1 saturated heterocycles. The van der Waals surface area contributed by atoms with Crippen molar-refractivity contribution in [3.8, 4) is 0 Å². The fourth-order valence-corrected chi connectivity index (χ4v) is 2.96. The molecule has 3 heteroatoms. The van der Waals surface area contributed by atoms with E-state index < -0.39 is 0 Å². The Labute approximate surface area is 132 Å². The van der Waals surface area contributed by atoms with Crippen LogP contribution in [0.5, 0.6) is 0 Å². The van der Waals surface area contributed by atoms with Crippen LogP contribution in [-0.2, 0) is 11.2 Å². The maximum atomic E-state index is 12.4. The van der Waals surface area contributed by atoms with E-state index in [9.17, 15) is 4.79 Å². The number of rotatable bonds is 3. The van der Waals surface area contributed by atoms with E-state index in [1.165, 1.54) is 11.3 Å². The smallest absolute Gasteiger partial charge is 0.227 e. The van der Waals surface area contributed by atoms with Crippen LogP contribution in [0, 0.1) is 6.92 Å². The Bertz CT molecular complexity index is 631. The summed E-state index contributed by atoms with van der Waals surface area (Å²) < 4.78 is 0. The van der Waals surface area contributed by atoms with Crippen LogP contribution in [0.25, 0.3) is 0 Å². The van der Waals surface area contributed by atoms with Gasteiger partial charge in [0.15, 0.2) is 0 Å². The van der Waals surface area contributed by atoms with Gasteiger partial charge in [0, 0.05) is 31.9 Å². The molecule has 114 valence electrons. The first kappa shape index (κ1) is 14.6. The highest BCUT2D eigenvalue weighted by Gasteiger charge is 2.21. The van der Waals surface area contributed by atoms with E-state index in [4.69, 9.17) is 0 Å². The zero-order chi connectivity index (χ0) is 15.4. The Morgan fingerprint density at radius 3 is 2.36 bits per heavy atom. The van der Waals surface area contributed by atoms with E-state index in [0.717, 1.165) is 31.7 Å². The van der Waals surface area contributed by atoms with Gasteiger partial charge in [-0.15, -0.1) is 0 Å². The average Bonchev–Trinajstić information content (AvgIpc) is 2.56. The zero-order valence-corrected chi connectivity index (χ0v) is 13.0. The SMILES string of the molecule is Cc1cccc(CC(=O)N2CCN(c3ccccc3)CC2)c1. The van der Waals surface area contributed by atoms with Crippen molar-refractivity contribution in [3.05, 3.63) is 65.7 Å². The molecule has 0 aromatic heterocycles. The summed E-state index contributed by atoms with van der Waals surface area (Å²) in [6, 6.07) is 18.6. The number of piperazine rings is 1. The normalized spacial score (nSPS) is 15.0. The summed E-state index contributed by atoms with van der Waals surface area (Å²) >= 11 is 0. The molecule has 0 bridgehead atoms. The summed E-state index contributed by atoms with van der Waals surface area (Å²) in [7, 11) is 0. The highest BCUT2D eigenvalue weighted by Crippen LogP contribution is 2.16. The molecule has 3 rings (SSSR count). The van der Waals surface area contributed by atoms with Crippen molar-refractivity contribution in [1.29, 1.82) is 0 Å². The third-order valence-corrected chi connectivity index (χ3v) is 4.19. The first-order valence-electron chi connectivity index (χ1n) is 7.86. The number of nitrogens with zero attached hydrogens (tertiary/aromatic N) is 2. The number of anilines is 1. The van der Waals surface area contributed by atoms with Crippen molar-refractivity contribution in [3.63, 3.8) is 0 Å². The average molecular weight is 294 g/mol. The fourth-order valence-electron chi connectivity index (χ4n) is 2.96. The molecule has 1 fully saturated rings. The van der Waals surface area contributed by atoms with E-state index in [1.807, 2.05) is 23.1 Å². The van der Waals surface area contributed by atoms with Gasteiger partial charge in [-0.3, -0.25) is 4.79 Å². The van der Waals surface area contributed by atoms with Gasteiger partial charge in [0.2, 0.25) is 5.91 Å². The predicted molar refractivity (Wildman–Crippen MR) is 90.1 cm³/mol. The zero-order valence-electron chi connectivity index (χ0n) is 13.0. The van der Waals surface area contributed by atoms with Gasteiger partial charge < -0.3 is 9.80 Å². The molecule has 1 aliphatic heterocycles. The maximum absolute atomic E-state index is 12.4. The summed E-state index contributed by atoms with van der Waals surface area (Å²) in [5.41, 5.74) is 3.56. The van der Waals surface area contributed by atoms with Crippen molar-refractivity contribution in [1.82, 2.24) is 4.90 Å². The van der Waals surface area contributed by atoms with Gasteiger partial charge in [-0.25, -0.2) is 0 Å². The number of hydrogen-bond donors (Lipinski definition) is 0. The molecule has 22 heavy (non-hydrogen) atoms. The van der Waals surface area contributed by atoms with Crippen LogP contribution in [-0.4, -0.2) is 37.0 Å². The fraction of sp³-hybridized carbons (Fsp3) is 0.316. The lowest BCUT2D eigenvalue weighted by atomic mass is 10.1. The summed E-state index contributed by atoms with van der Waals surface area (Å²) in [4.78, 5) is 16.8. The Hall–Kier alpha value is -2.29. The second kappa shape index (κ2) is 6.65. The molecule has 0 radical (unpaired) electrons. The molecule has 0 spiro atoms. The molecule has 0 saturated carbocycles. The molecule has 1 heterocycles. The van der Waals surface area contributed by atoms with Crippen molar-refractivity contribution in [2.45, 2.75) is 13.3 Å². The van der Waals surface area contributed by atoms with Gasteiger partial charge in [0.25, 0.3) is 0 Å². The number of hydrogen-bond acceptors (Lipinski definition) is 2. The quantitative estimate of drug-likeness (QED) is 0.869. The summed E-state index contributed by atoms with van der Waals surface area (Å²) in [6.07, 6.45) is 0.507. The first-order valence-corrected chi connectivity index (χ1v) is 7.86. The van der Waals surface area contributed by atoms with E-state index in [1.54, 1.807) is 0 Å². The van der Waals surface area contributed by atoms with Gasteiger partial charge in [0.05, 0.1) is 6.42 Å². The third kappa shape index (κ3) is 3.48. The van der Waals surface area contributed by atoms with E-state index >= 15 is 0 Å². The third-order valence-electron chi connectivity index (χ3n) is 4.19. The lowest BCUT2D eigenvalue weighted by Crippen LogP contribution is -2.49. The monoisotopic (exact) mass is 294 g/mol. The molecule has 1 amide bonds. The van der Waals surface area contributed by atoms with Crippen molar-refractivity contribution < 1.29 is 4.79 Å². The van der Waals surface area contributed by atoms with Gasteiger partial charge in [-0.2, -0.15) is 0 Å². The lowest BCUT2D eigenvalue weighted by Gasteiger charge is -2.36. The van der Waals surface area contributed by atoms with Crippen LogP contribution in [0.1, 0.15) is 11.1 Å². The van der Waals surface area contributed by atoms with Crippen molar-refractivity contribution in [2.75, 3.05) is 31.1 Å². The highest BCUT2D eigenvalue weighted by atomic mass is 16.2. The second-order valence-electron chi connectivity index (χ2n) is 5.87. The summed E-state index contributed by atoms with van der Waals surface area (Å²) in [6.45, 7) is 5.48. The number of aryl methyl sites for hydroxylation is 1. The minimum absolute atomic E-state index is 0.235. The number of para-hydroxylation sites is 1. The molecule has 0 N–H and O–H groups in total.